The van der Waals surface area contributed by atoms with Crippen LogP contribution in [0.3, 0.4) is 0 Å². The van der Waals surface area contributed by atoms with Crippen LogP contribution in [0.5, 0.6) is 0 Å². The van der Waals surface area contributed by atoms with E-state index < -0.39 is 65.2 Å². The lowest BCUT2D eigenvalue weighted by Crippen LogP contribution is -2.60. The molecule has 12 heteroatoms. The van der Waals surface area contributed by atoms with E-state index >= 15 is 0 Å². The number of ketones is 1. The number of Topliss-reactive ketones (excluding diaryl/α,β-unsaturated/α-hetero) is 1. The molecule has 4 N–H and O–H groups in total. The number of carbonyl (C=O) groups excluding carboxylic acids is 3. The van der Waals surface area contributed by atoms with Gasteiger partial charge in [0.1, 0.15) is 17.6 Å². The summed E-state index contributed by atoms with van der Waals surface area (Å²) in [5.41, 5.74) is -3.72. The number of ether oxygens (including phenoxy) is 5. The summed E-state index contributed by atoms with van der Waals surface area (Å²) in [6.45, 7) is 15.6. The number of esters is 1. The van der Waals surface area contributed by atoms with Crippen molar-refractivity contribution in [1.29, 1.82) is 0 Å². The van der Waals surface area contributed by atoms with Crippen molar-refractivity contribution in [3.63, 3.8) is 0 Å². The molecule has 12 nitrogen and oxygen atoms in total. The van der Waals surface area contributed by atoms with Gasteiger partial charge >= 0.3 is 12.1 Å². The van der Waals surface area contributed by atoms with Gasteiger partial charge in [-0.25, -0.2) is 4.79 Å². The second-order valence-electron chi connectivity index (χ2n) is 14.8. The normalized spacial score (nSPS) is 43.3. The molecule has 1 saturated carbocycles. The second kappa shape index (κ2) is 14.1. The first-order valence-corrected chi connectivity index (χ1v) is 16.8. The Kier molecular flexibility index (Phi) is 11.3. The molecule has 11 atom stereocenters. The van der Waals surface area contributed by atoms with Crippen molar-refractivity contribution in [2.24, 2.45) is 17.3 Å². The van der Waals surface area contributed by atoms with E-state index in [0.29, 0.717) is 44.8 Å². The van der Waals surface area contributed by atoms with Crippen molar-refractivity contribution in [1.82, 2.24) is 16.0 Å². The predicted molar refractivity (Wildman–Crippen MR) is 166 cm³/mol. The van der Waals surface area contributed by atoms with Crippen LogP contribution in [0.4, 0.5) is 4.79 Å². The van der Waals surface area contributed by atoms with E-state index in [1.165, 1.54) is 0 Å². The van der Waals surface area contributed by atoms with E-state index in [9.17, 15) is 19.5 Å². The SMILES string of the molecule is CC[C@H]1OC(=O)C(C)(C)C(=O)[C@H](C)[C@@H](O[C@@H]2O[C@H](CNC3CC3)CC[C@H]2O)[C@](C)(OC)C[C@@H](C)CN[C@H](C)[C@H]2NC(=O)O[C@@]21C. The number of methoxy groups -OCH3 is 1. The molecule has 4 rings (SSSR count). The van der Waals surface area contributed by atoms with E-state index in [4.69, 9.17) is 23.7 Å². The summed E-state index contributed by atoms with van der Waals surface area (Å²) in [4.78, 5) is 40.7. The minimum atomic E-state index is -1.57. The average molecular weight is 640 g/mol. The van der Waals surface area contributed by atoms with Crippen LogP contribution in [0.25, 0.3) is 0 Å². The van der Waals surface area contributed by atoms with Gasteiger partial charge in [-0.05, 0) is 85.6 Å². The first-order chi connectivity index (χ1) is 21.0. The van der Waals surface area contributed by atoms with Gasteiger partial charge in [-0.15, -0.1) is 0 Å². The second-order valence-corrected chi connectivity index (χ2v) is 14.8. The summed E-state index contributed by atoms with van der Waals surface area (Å²) in [6, 6.07) is -0.201. The van der Waals surface area contributed by atoms with E-state index in [2.05, 4.69) is 22.9 Å². The first-order valence-electron chi connectivity index (χ1n) is 16.8. The number of alkyl carbamates (subject to hydrolysis) is 1. The van der Waals surface area contributed by atoms with Gasteiger partial charge < -0.3 is 44.7 Å². The molecular formula is C33H57N3O9. The minimum absolute atomic E-state index is 0.0424. The molecule has 0 bridgehead atoms. The largest absolute Gasteiger partial charge is 0.457 e. The van der Waals surface area contributed by atoms with Crippen LogP contribution in [-0.4, -0.2) is 103 Å². The number of hydrogen-bond donors (Lipinski definition) is 4. The Morgan fingerprint density at radius 1 is 1.04 bits per heavy atom. The van der Waals surface area contributed by atoms with Crippen molar-refractivity contribution in [2.75, 3.05) is 20.2 Å². The Morgan fingerprint density at radius 2 is 1.73 bits per heavy atom. The summed E-state index contributed by atoms with van der Waals surface area (Å²) < 4.78 is 30.9. The third kappa shape index (κ3) is 7.84. The van der Waals surface area contributed by atoms with Crippen LogP contribution in [0.1, 0.15) is 93.9 Å². The van der Waals surface area contributed by atoms with E-state index in [1.54, 1.807) is 34.8 Å². The lowest BCUT2D eigenvalue weighted by molar-refractivity contribution is -0.287. The molecule has 3 aliphatic heterocycles. The van der Waals surface area contributed by atoms with Gasteiger partial charge in [-0.3, -0.25) is 9.59 Å². The van der Waals surface area contributed by atoms with Crippen molar-refractivity contribution in [3.8, 4) is 0 Å². The number of amides is 1. The first kappa shape index (κ1) is 36.0. The molecule has 4 aliphatic rings. The Hall–Kier alpha value is -1.83. The molecule has 3 saturated heterocycles. The van der Waals surface area contributed by atoms with Crippen LogP contribution < -0.4 is 16.0 Å². The van der Waals surface area contributed by atoms with Gasteiger partial charge in [0.25, 0.3) is 0 Å². The lowest BCUT2D eigenvalue weighted by Gasteiger charge is -2.45. The Balaban J connectivity index is 1.67. The summed E-state index contributed by atoms with van der Waals surface area (Å²) >= 11 is 0. The average Bonchev–Trinajstić information content (AvgIpc) is 3.77. The maximum absolute atomic E-state index is 14.3. The highest BCUT2D eigenvalue weighted by atomic mass is 16.7. The van der Waals surface area contributed by atoms with Crippen LogP contribution in [0.2, 0.25) is 0 Å². The monoisotopic (exact) mass is 639 g/mol. The Bertz CT molecular complexity index is 1070. The molecule has 0 aromatic heterocycles. The zero-order chi connectivity index (χ0) is 33.3. The summed E-state index contributed by atoms with van der Waals surface area (Å²) in [6.07, 6.45) is 0.190. The summed E-state index contributed by atoms with van der Waals surface area (Å²) in [5.74, 6) is -1.89. The lowest BCUT2D eigenvalue weighted by atomic mass is 9.74. The predicted octanol–water partition coefficient (Wildman–Crippen LogP) is 2.83. The maximum Gasteiger partial charge on any atom is 0.408 e. The molecule has 0 radical (unpaired) electrons. The van der Waals surface area contributed by atoms with Gasteiger partial charge in [0.15, 0.2) is 17.7 Å². The topological polar surface area (TPSA) is 154 Å². The number of fused-ring (bicyclic) bond motifs is 1. The van der Waals surface area contributed by atoms with Crippen LogP contribution in [0, 0.1) is 17.3 Å². The number of aliphatic hydroxyl groups is 1. The van der Waals surface area contributed by atoms with Crippen molar-refractivity contribution >= 4 is 17.8 Å². The van der Waals surface area contributed by atoms with Crippen molar-refractivity contribution in [2.45, 2.75) is 154 Å². The summed E-state index contributed by atoms with van der Waals surface area (Å²) in [5, 5.41) is 20.9. The smallest absolute Gasteiger partial charge is 0.408 e. The van der Waals surface area contributed by atoms with Gasteiger partial charge in [0.2, 0.25) is 0 Å². The summed E-state index contributed by atoms with van der Waals surface area (Å²) in [7, 11) is 1.59. The fourth-order valence-electron chi connectivity index (χ4n) is 7.36. The molecule has 0 aromatic rings. The fourth-order valence-corrected chi connectivity index (χ4v) is 7.36. The van der Waals surface area contributed by atoms with E-state index in [1.807, 2.05) is 20.8 Å². The molecule has 1 amide bonds. The molecule has 0 aromatic carbocycles. The van der Waals surface area contributed by atoms with Crippen LogP contribution in [0.15, 0.2) is 0 Å². The number of cyclic esters (lactones) is 1. The van der Waals surface area contributed by atoms with Crippen molar-refractivity contribution in [3.05, 3.63) is 0 Å². The Morgan fingerprint density at radius 3 is 2.36 bits per heavy atom. The number of hydrogen-bond acceptors (Lipinski definition) is 11. The third-order valence-corrected chi connectivity index (χ3v) is 10.5. The standard InChI is InChI=1S/C33H57N3O9/c1-10-24-33(8)25(36-30(40)45-33)20(4)34-16-18(2)15-32(7,41-9)27(19(3)26(38)31(5,6)29(39)43-24)44-28-23(37)14-13-22(42-28)17-35-21-11-12-21/h18-25,27-28,34-35,37H,10-17H2,1-9H3,(H,36,40)/t18-,19+,20-,22+,23-,24-,25-,27-,28+,32-,33-/m1/s1. The zero-order valence-electron chi connectivity index (χ0n) is 28.6. The third-order valence-electron chi connectivity index (χ3n) is 10.5. The number of aliphatic hydroxyl groups excluding tert-OH is 1. The van der Waals surface area contributed by atoms with Crippen LogP contribution in [-0.2, 0) is 33.3 Å². The number of carbonyl (C=O) groups is 3. The van der Waals surface area contributed by atoms with Gasteiger partial charge in [0, 0.05) is 31.7 Å². The van der Waals surface area contributed by atoms with Gasteiger partial charge in [-0.1, -0.05) is 20.8 Å². The van der Waals surface area contributed by atoms with Gasteiger partial charge in [0.05, 0.1) is 23.9 Å². The fraction of sp³-hybridized carbons (Fsp3) is 0.909. The molecule has 45 heavy (non-hydrogen) atoms. The molecule has 3 heterocycles. The molecule has 0 unspecified atom stereocenters. The quantitative estimate of drug-likeness (QED) is 0.240. The molecule has 1 aliphatic carbocycles. The van der Waals surface area contributed by atoms with Gasteiger partial charge in [-0.2, -0.15) is 0 Å². The highest BCUT2D eigenvalue weighted by molar-refractivity contribution is 6.04. The van der Waals surface area contributed by atoms with Crippen molar-refractivity contribution < 1.29 is 43.2 Å². The number of nitrogens with one attached hydrogen (secondary N) is 3. The van der Waals surface area contributed by atoms with E-state index in [-0.39, 0.29) is 23.8 Å². The maximum atomic E-state index is 14.3. The molecule has 0 spiro atoms. The highest BCUT2D eigenvalue weighted by Gasteiger charge is 2.56. The molecular weight excluding hydrogens is 582 g/mol. The Labute approximate surface area is 268 Å². The zero-order valence-corrected chi connectivity index (χ0v) is 28.6. The molecule has 258 valence electrons. The minimum Gasteiger partial charge on any atom is -0.457 e. The van der Waals surface area contributed by atoms with E-state index in [0.717, 1.165) is 12.8 Å². The van der Waals surface area contributed by atoms with Crippen LogP contribution >= 0.6 is 0 Å². The number of rotatable bonds is 7. The molecule has 4 fully saturated rings. The highest BCUT2D eigenvalue weighted by Crippen LogP contribution is 2.39.